The van der Waals surface area contributed by atoms with Gasteiger partial charge in [-0.25, -0.2) is 5.43 Å². The molecule has 0 amide bonds. The number of morpholine rings is 1. The van der Waals surface area contributed by atoms with Crippen molar-refractivity contribution in [1.29, 1.82) is 0 Å². The van der Waals surface area contributed by atoms with Crippen molar-refractivity contribution in [3.05, 3.63) is 71.9 Å². The zero-order valence-corrected chi connectivity index (χ0v) is 18.1. The normalized spacial score (nSPS) is 14.1. The predicted octanol–water partition coefficient (Wildman–Crippen LogP) is 3.26. The van der Waals surface area contributed by atoms with Gasteiger partial charge in [0.2, 0.25) is 5.95 Å². The van der Waals surface area contributed by atoms with Gasteiger partial charge in [0.1, 0.15) is 0 Å². The molecule has 1 aliphatic rings. The molecule has 0 bridgehead atoms. The fourth-order valence-corrected chi connectivity index (χ4v) is 3.63. The first-order valence-electron chi connectivity index (χ1n) is 11.0. The van der Waals surface area contributed by atoms with Crippen molar-refractivity contribution in [2.24, 2.45) is 5.10 Å². The van der Waals surface area contributed by atoms with E-state index in [-0.39, 0.29) is 6.01 Å². The number of nitrogens with one attached hydrogen (secondary N) is 2. The second kappa shape index (κ2) is 10.1. The molecule has 0 spiro atoms. The Morgan fingerprint density at radius 3 is 2.73 bits per heavy atom. The van der Waals surface area contributed by atoms with Crippen LogP contribution in [0, 0.1) is 0 Å². The number of hydrazone groups is 1. The molecule has 0 atom stereocenters. The van der Waals surface area contributed by atoms with E-state index in [0.29, 0.717) is 44.8 Å². The summed E-state index contributed by atoms with van der Waals surface area (Å²) in [5.74, 6) is 0.880. The van der Waals surface area contributed by atoms with Gasteiger partial charge in [-0.15, -0.1) is 0 Å². The van der Waals surface area contributed by atoms with Crippen molar-refractivity contribution >= 4 is 29.0 Å². The maximum atomic E-state index is 5.87. The molecule has 2 aromatic heterocycles. The molecule has 0 unspecified atom stereocenters. The Balaban J connectivity index is 1.31. The summed E-state index contributed by atoms with van der Waals surface area (Å²) in [6.07, 6.45) is 4.42. The number of rotatable bonds is 8. The topological polar surface area (TPSA) is 101 Å². The quantitative estimate of drug-likeness (QED) is 0.318. The minimum Gasteiger partial charge on any atom is -0.463 e. The lowest BCUT2D eigenvalue weighted by atomic mass is 10.2. The fourth-order valence-electron chi connectivity index (χ4n) is 3.63. The molecule has 3 heterocycles. The van der Waals surface area contributed by atoms with E-state index in [1.807, 2.05) is 48.7 Å². The molecule has 0 aliphatic carbocycles. The van der Waals surface area contributed by atoms with Crippen LogP contribution in [0.2, 0.25) is 0 Å². The van der Waals surface area contributed by atoms with E-state index in [1.54, 1.807) is 6.21 Å². The number of H-pyrrole nitrogens is 1. The van der Waals surface area contributed by atoms with Crippen LogP contribution in [-0.4, -0.2) is 59.1 Å². The molecule has 1 saturated heterocycles. The van der Waals surface area contributed by atoms with Crippen LogP contribution >= 0.6 is 0 Å². The standard InChI is InChI=1S/C24H25N7O2/c1-2-6-18(7-3-1)10-13-33-24-28-22(27-23(29-24)31-11-14-32-15-12-31)30-26-17-19-16-25-21-9-5-4-8-20(19)21/h1-9,16-17,25H,10-15H2,(H,27,28,29,30)/b26-17-. The van der Waals surface area contributed by atoms with Gasteiger partial charge < -0.3 is 19.4 Å². The molecule has 2 aromatic carbocycles. The molecule has 9 heteroatoms. The summed E-state index contributed by atoms with van der Waals surface area (Å²) in [6.45, 7) is 3.17. The zero-order valence-electron chi connectivity index (χ0n) is 18.1. The summed E-state index contributed by atoms with van der Waals surface area (Å²) in [5, 5.41) is 5.44. The second-order valence-electron chi connectivity index (χ2n) is 7.58. The summed E-state index contributed by atoms with van der Waals surface area (Å²) in [7, 11) is 0. The molecule has 33 heavy (non-hydrogen) atoms. The Morgan fingerprint density at radius 2 is 1.85 bits per heavy atom. The van der Waals surface area contributed by atoms with Crippen LogP contribution < -0.4 is 15.1 Å². The Bertz CT molecular complexity index is 1220. The van der Waals surface area contributed by atoms with Crippen molar-refractivity contribution in [2.75, 3.05) is 43.2 Å². The van der Waals surface area contributed by atoms with Crippen LogP contribution in [-0.2, 0) is 11.2 Å². The van der Waals surface area contributed by atoms with E-state index < -0.39 is 0 Å². The molecule has 2 N–H and O–H groups in total. The summed E-state index contributed by atoms with van der Waals surface area (Å²) in [5.41, 5.74) is 6.16. The Morgan fingerprint density at radius 1 is 1.03 bits per heavy atom. The number of hydrogen-bond donors (Lipinski definition) is 2. The van der Waals surface area contributed by atoms with Gasteiger partial charge in [0, 0.05) is 42.2 Å². The number of aromatic nitrogens is 4. The molecular weight excluding hydrogens is 418 g/mol. The van der Waals surface area contributed by atoms with Gasteiger partial charge in [0.15, 0.2) is 0 Å². The predicted molar refractivity (Wildman–Crippen MR) is 128 cm³/mol. The Labute approximate surface area is 191 Å². The van der Waals surface area contributed by atoms with Gasteiger partial charge in [0.05, 0.1) is 26.0 Å². The summed E-state index contributed by atoms with van der Waals surface area (Å²) >= 11 is 0. The minimum atomic E-state index is 0.271. The van der Waals surface area contributed by atoms with Crippen LogP contribution in [0.15, 0.2) is 65.9 Å². The molecule has 168 valence electrons. The largest absolute Gasteiger partial charge is 0.463 e. The molecule has 1 aliphatic heterocycles. The van der Waals surface area contributed by atoms with Gasteiger partial charge in [-0.2, -0.15) is 20.1 Å². The second-order valence-corrected chi connectivity index (χ2v) is 7.58. The zero-order chi connectivity index (χ0) is 22.3. The molecular formula is C24H25N7O2. The SMILES string of the molecule is C(=N/Nc1nc(OCCc2ccccc2)nc(N2CCOCC2)n1)/c1c[nH]c2ccccc12. The first-order chi connectivity index (χ1) is 16.3. The molecule has 9 nitrogen and oxygen atoms in total. The highest BCUT2D eigenvalue weighted by Gasteiger charge is 2.17. The summed E-state index contributed by atoms with van der Waals surface area (Å²) in [6, 6.07) is 18.5. The fraction of sp³-hybridized carbons (Fsp3) is 0.250. The summed E-state index contributed by atoms with van der Waals surface area (Å²) < 4.78 is 11.3. The van der Waals surface area contributed by atoms with Crippen molar-refractivity contribution in [3.63, 3.8) is 0 Å². The monoisotopic (exact) mass is 443 g/mol. The molecule has 0 radical (unpaired) electrons. The van der Waals surface area contributed by atoms with E-state index in [1.165, 1.54) is 5.56 Å². The van der Waals surface area contributed by atoms with Crippen molar-refractivity contribution < 1.29 is 9.47 Å². The molecule has 5 rings (SSSR count). The van der Waals surface area contributed by atoms with Crippen molar-refractivity contribution in [3.8, 4) is 6.01 Å². The average Bonchev–Trinajstić information content (AvgIpc) is 3.28. The van der Waals surface area contributed by atoms with Gasteiger partial charge in [0.25, 0.3) is 5.95 Å². The van der Waals surface area contributed by atoms with E-state index in [0.717, 1.165) is 22.9 Å². The lowest BCUT2D eigenvalue weighted by Gasteiger charge is -2.26. The molecule has 1 fully saturated rings. The Hall–Kier alpha value is -3.98. The van der Waals surface area contributed by atoms with E-state index in [9.17, 15) is 0 Å². The lowest BCUT2D eigenvalue weighted by molar-refractivity contribution is 0.122. The van der Waals surface area contributed by atoms with Gasteiger partial charge >= 0.3 is 6.01 Å². The number of benzene rings is 2. The Kier molecular flexibility index (Phi) is 6.39. The third kappa shape index (κ3) is 5.27. The number of ether oxygens (including phenoxy) is 2. The van der Waals surface area contributed by atoms with E-state index in [2.05, 4.69) is 47.5 Å². The third-order valence-electron chi connectivity index (χ3n) is 5.35. The van der Waals surface area contributed by atoms with Crippen LogP contribution in [0.25, 0.3) is 10.9 Å². The van der Waals surface area contributed by atoms with Crippen LogP contribution in [0.4, 0.5) is 11.9 Å². The maximum Gasteiger partial charge on any atom is 0.323 e. The number of hydrogen-bond acceptors (Lipinski definition) is 8. The maximum absolute atomic E-state index is 5.87. The van der Waals surface area contributed by atoms with Crippen molar-refractivity contribution in [1.82, 2.24) is 19.9 Å². The van der Waals surface area contributed by atoms with Crippen molar-refractivity contribution in [2.45, 2.75) is 6.42 Å². The molecule has 0 saturated carbocycles. The smallest absolute Gasteiger partial charge is 0.323 e. The first kappa shape index (κ1) is 20.9. The lowest BCUT2D eigenvalue weighted by Crippen LogP contribution is -2.37. The number of fused-ring (bicyclic) bond motifs is 1. The van der Waals surface area contributed by atoms with E-state index >= 15 is 0 Å². The number of anilines is 2. The highest BCUT2D eigenvalue weighted by Crippen LogP contribution is 2.18. The first-order valence-corrected chi connectivity index (χ1v) is 11.0. The van der Waals surface area contributed by atoms with Crippen LogP contribution in [0.5, 0.6) is 6.01 Å². The summed E-state index contributed by atoms with van der Waals surface area (Å²) in [4.78, 5) is 18.8. The number of nitrogens with zero attached hydrogens (tertiary/aromatic N) is 5. The highest BCUT2D eigenvalue weighted by atomic mass is 16.5. The van der Waals surface area contributed by atoms with Crippen LogP contribution in [0.1, 0.15) is 11.1 Å². The highest BCUT2D eigenvalue weighted by molar-refractivity contribution is 5.99. The molecule has 4 aromatic rings. The minimum absolute atomic E-state index is 0.271. The van der Waals surface area contributed by atoms with Gasteiger partial charge in [-0.3, -0.25) is 0 Å². The average molecular weight is 444 g/mol. The number of para-hydroxylation sites is 1. The van der Waals surface area contributed by atoms with E-state index in [4.69, 9.17) is 9.47 Å². The number of aromatic amines is 1. The van der Waals surface area contributed by atoms with Crippen LogP contribution in [0.3, 0.4) is 0 Å². The third-order valence-corrected chi connectivity index (χ3v) is 5.35. The van der Waals surface area contributed by atoms with Gasteiger partial charge in [-0.05, 0) is 11.6 Å². The van der Waals surface area contributed by atoms with Gasteiger partial charge in [-0.1, -0.05) is 48.5 Å².